The molecule has 1 saturated heterocycles. The van der Waals surface area contributed by atoms with E-state index in [-0.39, 0.29) is 11.3 Å². The zero-order chi connectivity index (χ0) is 30.6. The zero-order valence-electron chi connectivity index (χ0n) is 24.5. The van der Waals surface area contributed by atoms with Gasteiger partial charge in [-0.05, 0) is 66.4 Å². The summed E-state index contributed by atoms with van der Waals surface area (Å²) in [5.74, 6) is -0.563. The minimum Gasteiger partial charge on any atom is -0.507 e. The van der Waals surface area contributed by atoms with Gasteiger partial charge in [0.2, 0.25) is 0 Å². The summed E-state index contributed by atoms with van der Waals surface area (Å²) in [4.78, 5) is 33.5. The smallest absolute Gasteiger partial charge is 0.301 e. The molecule has 0 spiro atoms. The van der Waals surface area contributed by atoms with Gasteiger partial charge in [0.25, 0.3) is 5.78 Å². The summed E-state index contributed by atoms with van der Waals surface area (Å²) in [7, 11) is 0. The van der Waals surface area contributed by atoms with E-state index in [1.807, 2.05) is 79.7 Å². The first-order chi connectivity index (χ1) is 21.4. The van der Waals surface area contributed by atoms with Crippen LogP contribution in [0.4, 0.5) is 5.13 Å². The SMILES string of the molecule is CCCCOc1cccc(C(O)=C2C(=O)C(=O)N(c3nc4ccc(C)cc4s3)C2c2ccc(OCc3ccccc3)cc2)c1. The van der Waals surface area contributed by atoms with Crippen LogP contribution in [0, 0.1) is 6.92 Å². The number of carbonyl (C=O) groups excluding carboxylic acids is 2. The number of anilines is 1. The molecule has 1 unspecified atom stereocenters. The van der Waals surface area contributed by atoms with Crippen LogP contribution >= 0.6 is 11.3 Å². The molecule has 8 heteroatoms. The summed E-state index contributed by atoms with van der Waals surface area (Å²) in [6.07, 6.45) is 1.89. The first kappa shape index (κ1) is 29.1. The Bertz CT molecular complexity index is 1850. The van der Waals surface area contributed by atoms with Crippen molar-refractivity contribution in [1.82, 2.24) is 4.98 Å². The number of carbonyl (C=O) groups is 2. The number of rotatable bonds is 10. The van der Waals surface area contributed by atoms with Gasteiger partial charge in [-0.1, -0.05) is 85.3 Å². The number of fused-ring (bicyclic) bond motifs is 1. The van der Waals surface area contributed by atoms with Crippen molar-refractivity contribution in [2.24, 2.45) is 0 Å². The highest BCUT2D eigenvalue weighted by Gasteiger charge is 2.48. The van der Waals surface area contributed by atoms with Crippen molar-refractivity contribution < 1.29 is 24.2 Å². The lowest BCUT2D eigenvalue weighted by Gasteiger charge is -2.23. The van der Waals surface area contributed by atoms with Crippen LogP contribution in [0.2, 0.25) is 0 Å². The van der Waals surface area contributed by atoms with Crippen molar-refractivity contribution in [3.63, 3.8) is 0 Å². The quantitative estimate of drug-likeness (QED) is 0.0752. The van der Waals surface area contributed by atoms with Gasteiger partial charge in [-0.25, -0.2) is 4.98 Å². The summed E-state index contributed by atoms with van der Waals surface area (Å²) in [5, 5.41) is 12.0. The summed E-state index contributed by atoms with van der Waals surface area (Å²) in [6.45, 7) is 5.02. The molecule has 0 saturated carbocycles. The minimum atomic E-state index is -0.899. The second-order valence-electron chi connectivity index (χ2n) is 10.7. The Labute approximate surface area is 260 Å². The molecule has 1 fully saturated rings. The maximum Gasteiger partial charge on any atom is 0.301 e. The van der Waals surface area contributed by atoms with Crippen molar-refractivity contribution >= 4 is 44.1 Å². The molecule has 0 aliphatic carbocycles. The maximum atomic E-state index is 13.7. The lowest BCUT2D eigenvalue weighted by Crippen LogP contribution is -2.29. The number of hydrogen-bond acceptors (Lipinski definition) is 7. The number of aliphatic hydroxyl groups excluding tert-OH is 1. The number of aromatic nitrogens is 1. The molecule has 44 heavy (non-hydrogen) atoms. The van der Waals surface area contributed by atoms with Crippen LogP contribution in [-0.2, 0) is 16.2 Å². The van der Waals surface area contributed by atoms with E-state index in [0.717, 1.165) is 34.2 Å². The molecule has 1 N–H and O–H groups in total. The van der Waals surface area contributed by atoms with E-state index in [4.69, 9.17) is 14.5 Å². The van der Waals surface area contributed by atoms with Gasteiger partial charge in [0, 0.05) is 5.56 Å². The van der Waals surface area contributed by atoms with E-state index < -0.39 is 17.7 Å². The Hall–Kier alpha value is -4.95. The molecular weight excluding hydrogens is 572 g/mol. The van der Waals surface area contributed by atoms with Gasteiger partial charge in [0.15, 0.2) is 5.13 Å². The fraction of sp³-hybridized carbons (Fsp3) is 0.194. The van der Waals surface area contributed by atoms with Crippen LogP contribution in [0.5, 0.6) is 11.5 Å². The van der Waals surface area contributed by atoms with Crippen LogP contribution in [0.15, 0.2) is 103 Å². The van der Waals surface area contributed by atoms with Crippen molar-refractivity contribution in [2.75, 3.05) is 11.5 Å². The molecular formula is C36H32N2O5S. The Morgan fingerprint density at radius 3 is 2.48 bits per heavy atom. The third-order valence-electron chi connectivity index (χ3n) is 7.50. The van der Waals surface area contributed by atoms with Gasteiger partial charge in [0.05, 0.1) is 28.4 Å². The van der Waals surface area contributed by atoms with Gasteiger partial charge < -0.3 is 14.6 Å². The topological polar surface area (TPSA) is 89.0 Å². The van der Waals surface area contributed by atoms with Crippen molar-refractivity contribution in [2.45, 2.75) is 39.3 Å². The van der Waals surface area contributed by atoms with Crippen LogP contribution in [0.3, 0.4) is 0 Å². The number of aliphatic hydroxyl groups is 1. The molecule has 1 aliphatic rings. The number of Topliss-reactive ketones (excluding diaryl/α,β-unsaturated/α-hetero) is 1. The number of unbranched alkanes of at least 4 members (excludes halogenated alkanes) is 1. The Morgan fingerprint density at radius 1 is 0.909 bits per heavy atom. The van der Waals surface area contributed by atoms with Crippen molar-refractivity contribution in [3.8, 4) is 11.5 Å². The average Bonchev–Trinajstić information content (AvgIpc) is 3.58. The third kappa shape index (κ3) is 5.94. The predicted octanol–water partition coefficient (Wildman–Crippen LogP) is 7.99. The number of benzene rings is 4. The maximum absolute atomic E-state index is 13.7. The minimum absolute atomic E-state index is 0.00546. The monoisotopic (exact) mass is 604 g/mol. The highest BCUT2D eigenvalue weighted by atomic mass is 32.1. The molecule has 6 rings (SSSR count). The Kier molecular flexibility index (Phi) is 8.43. The summed E-state index contributed by atoms with van der Waals surface area (Å²) < 4.78 is 12.7. The summed E-state index contributed by atoms with van der Waals surface area (Å²) in [5.41, 5.74) is 3.87. The van der Waals surface area contributed by atoms with E-state index >= 15 is 0 Å². The van der Waals surface area contributed by atoms with Crippen molar-refractivity contribution in [3.05, 3.63) is 125 Å². The Morgan fingerprint density at radius 2 is 1.70 bits per heavy atom. The molecule has 0 radical (unpaired) electrons. The Balaban J connectivity index is 1.41. The molecule has 1 aliphatic heterocycles. The number of amides is 1. The second-order valence-corrected chi connectivity index (χ2v) is 11.7. The summed E-state index contributed by atoms with van der Waals surface area (Å²) >= 11 is 1.34. The van der Waals surface area contributed by atoms with E-state index in [0.29, 0.717) is 41.0 Å². The van der Waals surface area contributed by atoms with Crippen LogP contribution < -0.4 is 14.4 Å². The first-order valence-corrected chi connectivity index (χ1v) is 15.4. The van der Waals surface area contributed by atoms with Gasteiger partial charge >= 0.3 is 5.91 Å². The van der Waals surface area contributed by atoms with E-state index in [9.17, 15) is 14.7 Å². The van der Waals surface area contributed by atoms with E-state index in [1.165, 1.54) is 16.2 Å². The fourth-order valence-electron chi connectivity index (χ4n) is 5.18. The normalized spacial score (nSPS) is 16.0. The molecule has 1 atom stereocenters. The van der Waals surface area contributed by atoms with Gasteiger partial charge in [-0.3, -0.25) is 14.5 Å². The zero-order valence-corrected chi connectivity index (χ0v) is 25.3. The van der Waals surface area contributed by atoms with Crippen LogP contribution in [-0.4, -0.2) is 28.4 Å². The molecule has 1 amide bonds. The van der Waals surface area contributed by atoms with Crippen LogP contribution in [0.1, 0.15) is 48.1 Å². The van der Waals surface area contributed by atoms with E-state index in [1.54, 1.807) is 24.3 Å². The van der Waals surface area contributed by atoms with E-state index in [2.05, 4.69) is 6.92 Å². The largest absolute Gasteiger partial charge is 0.507 e. The first-order valence-electron chi connectivity index (χ1n) is 14.6. The fourth-order valence-corrected chi connectivity index (χ4v) is 6.27. The number of thiazole rings is 1. The average molecular weight is 605 g/mol. The van der Waals surface area contributed by atoms with Crippen molar-refractivity contribution in [1.29, 1.82) is 0 Å². The molecule has 7 nitrogen and oxygen atoms in total. The summed E-state index contributed by atoms with van der Waals surface area (Å²) in [6, 6.07) is 29.0. The second kappa shape index (κ2) is 12.7. The molecule has 222 valence electrons. The molecule has 0 bridgehead atoms. The number of ether oxygens (including phenoxy) is 2. The predicted molar refractivity (Wildman–Crippen MR) is 173 cm³/mol. The van der Waals surface area contributed by atoms with Crippen LogP contribution in [0.25, 0.3) is 16.0 Å². The lowest BCUT2D eigenvalue weighted by atomic mass is 9.95. The number of nitrogens with zero attached hydrogens (tertiary/aromatic N) is 2. The standard InChI is InChI=1S/C36H32N2O5S/c1-3-4-19-42-28-12-8-11-26(21-28)33(39)31-32(25-14-16-27(17-15-25)43-22-24-9-6-5-7-10-24)38(35(41)34(31)40)36-37-29-18-13-23(2)20-30(29)44-36/h5-18,20-21,32,39H,3-4,19,22H2,1-2H3. The number of ketones is 1. The highest BCUT2D eigenvalue weighted by Crippen LogP contribution is 2.45. The molecule has 5 aromatic rings. The molecule has 4 aromatic carbocycles. The van der Waals surface area contributed by atoms with Gasteiger partial charge in [-0.15, -0.1) is 0 Å². The van der Waals surface area contributed by atoms with Gasteiger partial charge in [0.1, 0.15) is 23.9 Å². The lowest BCUT2D eigenvalue weighted by molar-refractivity contribution is -0.132. The third-order valence-corrected chi connectivity index (χ3v) is 8.52. The number of aryl methyl sites for hydroxylation is 1. The highest BCUT2D eigenvalue weighted by molar-refractivity contribution is 7.22. The molecule has 1 aromatic heterocycles. The van der Waals surface area contributed by atoms with Gasteiger partial charge in [-0.2, -0.15) is 0 Å². The number of hydrogen-bond donors (Lipinski definition) is 1. The molecule has 2 heterocycles.